The Morgan fingerprint density at radius 2 is 1.27 bits per heavy atom. The van der Waals surface area contributed by atoms with Gasteiger partial charge in [0.1, 0.15) is 0 Å². The lowest BCUT2D eigenvalue weighted by Gasteiger charge is -2.11. The fourth-order valence-corrected chi connectivity index (χ4v) is 2.73. The van der Waals surface area contributed by atoms with Crippen molar-refractivity contribution in [1.29, 1.82) is 0 Å². The second-order valence-corrected chi connectivity index (χ2v) is 7.19. The predicted octanol–water partition coefficient (Wildman–Crippen LogP) is 3.25. The highest BCUT2D eigenvalue weighted by atomic mass is 127. The molecule has 0 saturated carbocycles. The average molecular weight is 498 g/mol. The average Bonchev–Trinajstić information content (AvgIpc) is 2.56. The molecule has 0 unspecified atom stereocenters. The zero-order chi connectivity index (χ0) is 19.1. The first kappa shape index (κ1) is 20.2. The number of anilines is 2. The summed E-state index contributed by atoms with van der Waals surface area (Å²) in [5, 5.41) is 11.3. The highest BCUT2D eigenvalue weighted by Crippen LogP contribution is 2.13. The summed E-state index contributed by atoms with van der Waals surface area (Å²) in [5.41, 5.74) is 1.94. The lowest BCUT2D eigenvalue weighted by atomic mass is 10.2. The van der Waals surface area contributed by atoms with Gasteiger partial charge in [0.15, 0.2) is 10.2 Å². The van der Waals surface area contributed by atoms with Crippen LogP contribution < -0.4 is 21.3 Å². The largest absolute Gasteiger partial charge is 0.332 e. The zero-order valence-corrected chi connectivity index (χ0v) is 17.4. The number of halogens is 1. The molecule has 2 rings (SSSR count). The Kier molecular flexibility index (Phi) is 7.42. The normalized spacial score (nSPS) is 9.77. The van der Waals surface area contributed by atoms with Crippen LogP contribution in [0.3, 0.4) is 0 Å². The van der Waals surface area contributed by atoms with Crippen LogP contribution in [0.25, 0.3) is 0 Å². The Hall–Kier alpha value is -2.11. The first-order valence-corrected chi connectivity index (χ1v) is 9.29. The van der Waals surface area contributed by atoms with Crippen LogP contribution in [0, 0.1) is 3.57 Å². The number of benzene rings is 2. The molecule has 2 aromatic carbocycles. The molecule has 0 saturated heterocycles. The molecule has 0 aromatic heterocycles. The fourth-order valence-electron chi connectivity index (χ4n) is 1.90. The zero-order valence-electron chi connectivity index (χ0n) is 13.6. The van der Waals surface area contributed by atoms with Gasteiger partial charge in [0.05, 0.1) is 0 Å². The van der Waals surface area contributed by atoms with Crippen molar-refractivity contribution in [2.75, 3.05) is 10.6 Å². The smallest absolute Gasteiger partial charge is 0.257 e. The molecule has 0 aliphatic carbocycles. The summed E-state index contributed by atoms with van der Waals surface area (Å²) in [5.74, 6) is -0.521. The van der Waals surface area contributed by atoms with E-state index in [4.69, 9.17) is 24.4 Å². The fraction of sp³-hybridized carbons (Fsp3) is 0.0588. The van der Waals surface area contributed by atoms with E-state index in [-0.39, 0.29) is 22.0 Å². The first-order valence-electron chi connectivity index (χ1n) is 7.40. The topological polar surface area (TPSA) is 82.3 Å². The molecule has 2 aromatic rings. The molecule has 9 heteroatoms. The second-order valence-electron chi connectivity index (χ2n) is 5.13. The molecule has 0 fully saturated rings. The number of hydrogen-bond donors (Lipinski definition) is 4. The molecule has 134 valence electrons. The summed E-state index contributed by atoms with van der Waals surface area (Å²) < 4.78 is 1.05. The minimum atomic E-state index is -0.280. The molecule has 0 radical (unpaired) electrons. The van der Waals surface area contributed by atoms with Crippen molar-refractivity contribution < 1.29 is 9.59 Å². The summed E-state index contributed by atoms with van der Waals surface area (Å²) in [6.07, 6.45) is 0. The number of thiocarbonyl (C=S) groups is 2. The Morgan fingerprint density at radius 3 is 1.73 bits per heavy atom. The molecular formula is C17H15IN4O2S2. The van der Waals surface area contributed by atoms with Crippen LogP contribution in [-0.2, 0) is 4.79 Å². The Balaban J connectivity index is 1.88. The van der Waals surface area contributed by atoms with Crippen LogP contribution in [0.5, 0.6) is 0 Å². The van der Waals surface area contributed by atoms with Crippen molar-refractivity contribution in [2.24, 2.45) is 0 Å². The van der Waals surface area contributed by atoms with E-state index in [1.165, 1.54) is 6.92 Å². The van der Waals surface area contributed by atoms with Crippen molar-refractivity contribution in [3.63, 3.8) is 0 Å². The van der Waals surface area contributed by atoms with E-state index < -0.39 is 0 Å². The van der Waals surface area contributed by atoms with Crippen molar-refractivity contribution >= 4 is 80.4 Å². The maximum Gasteiger partial charge on any atom is 0.257 e. The monoisotopic (exact) mass is 498 g/mol. The number of rotatable bonds is 3. The van der Waals surface area contributed by atoms with Crippen molar-refractivity contribution in [2.45, 2.75) is 6.92 Å². The summed E-state index contributed by atoms with van der Waals surface area (Å²) in [7, 11) is 0. The van der Waals surface area contributed by atoms with E-state index in [9.17, 15) is 9.59 Å². The predicted molar refractivity (Wildman–Crippen MR) is 119 cm³/mol. The summed E-state index contributed by atoms with van der Waals surface area (Å²) in [6.45, 7) is 1.38. The maximum atomic E-state index is 12.1. The van der Waals surface area contributed by atoms with E-state index in [1.54, 1.807) is 36.4 Å². The lowest BCUT2D eigenvalue weighted by molar-refractivity contribution is -0.117. The maximum absolute atomic E-state index is 12.1. The van der Waals surface area contributed by atoms with Crippen molar-refractivity contribution in [3.8, 4) is 0 Å². The molecule has 0 aliphatic rings. The number of amides is 2. The molecule has 0 spiro atoms. The number of carbonyl (C=O) groups excluding carboxylic acids is 2. The van der Waals surface area contributed by atoms with Gasteiger partial charge in [-0.2, -0.15) is 0 Å². The summed E-state index contributed by atoms with van der Waals surface area (Å²) in [6, 6.07) is 14.2. The molecule has 0 bridgehead atoms. The number of nitrogens with one attached hydrogen (secondary N) is 4. The summed E-state index contributed by atoms with van der Waals surface area (Å²) >= 11 is 12.3. The van der Waals surface area contributed by atoms with Gasteiger partial charge in [0, 0.05) is 27.4 Å². The first-order chi connectivity index (χ1) is 12.3. The number of hydrogen-bond acceptors (Lipinski definition) is 4. The minimum Gasteiger partial charge on any atom is -0.332 e. The van der Waals surface area contributed by atoms with E-state index in [1.807, 2.05) is 12.1 Å². The van der Waals surface area contributed by atoms with Gasteiger partial charge in [-0.25, -0.2) is 0 Å². The van der Waals surface area contributed by atoms with Gasteiger partial charge in [-0.15, -0.1) is 0 Å². The van der Waals surface area contributed by atoms with Crippen LogP contribution in [0.2, 0.25) is 0 Å². The Labute approximate surface area is 175 Å². The van der Waals surface area contributed by atoms with Gasteiger partial charge in [-0.3, -0.25) is 14.9 Å². The standard InChI is InChI=1S/C17H15IN4O2S2/c1-10(23)19-16(25)20-13-6-8-14(9-7-13)21-17(26)22-15(24)11-2-4-12(18)5-3-11/h2-9H,1H3,(H2,19,20,23,25)(H2,21,22,24,26). The SMILES string of the molecule is CC(=O)NC(=S)Nc1ccc(NC(=S)NC(=O)c2ccc(I)cc2)cc1. The van der Waals surface area contributed by atoms with E-state index >= 15 is 0 Å². The van der Waals surface area contributed by atoms with Gasteiger partial charge >= 0.3 is 0 Å². The van der Waals surface area contributed by atoms with Crippen LogP contribution in [0.1, 0.15) is 17.3 Å². The van der Waals surface area contributed by atoms with Crippen molar-refractivity contribution in [3.05, 3.63) is 57.7 Å². The Bertz CT molecular complexity index is 839. The lowest BCUT2D eigenvalue weighted by Crippen LogP contribution is -2.34. The highest BCUT2D eigenvalue weighted by Gasteiger charge is 2.08. The number of carbonyl (C=O) groups is 2. The van der Waals surface area contributed by atoms with Crippen LogP contribution in [0.15, 0.2) is 48.5 Å². The molecular weight excluding hydrogens is 483 g/mol. The van der Waals surface area contributed by atoms with E-state index in [2.05, 4.69) is 43.9 Å². The second kappa shape index (κ2) is 9.55. The molecule has 0 heterocycles. The van der Waals surface area contributed by atoms with Crippen molar-refractivity contribution in [1.82, 2.24) is 10.6 Å². The molecule has 2 amide bonds. The van der Waals surface area contributed by atoms with E-state index in [0.717, 1.165) is 3.57 Å². The van der Waals surface area contributed by atoms with Gasteiger partial charge < -0.3 is 16.0 Å². The van der Waals surface area contributed by atoms with Gasteiger partial charge in [0.2, 0.25) is 5.91 Å². The Morgan fingerprint density at radius 1 is 0.808 bits per heavy atom. The third kappa shape index (κ3) is 6.65. The van der Waals surface area contributed by atoms with Gasteiger partial charge in [-0.05, 0) is 95.6 Å². The molecule has 6 nitrogen and oxygen atoms in total. The van der Waals surface area contributed by atoms with Crippen LogP contribution in [0.4, 0.5) is 11.4 Å². The highest BCUT2D eigenvalue weighted by molar-refractivity contribution is 14.1. The third-order valence-electron chi connectivity index (χ3n) is 3.02. The van der Waals surface area contributed by atoms with Gasteiger partial charge in [0.25, 0.3) is 5.91 Å². The van der Waals surface area contributed by atoms with Crippen LogP contribution >= 0.6 is 47.0 Å². The molecule has 4 N–H and O–H groups in total. The molecule has 0 aliphatic heterocycles. The van der Waals surface area contributed by atoms with Crippen LogP contribution in [-0.4, -0.2) is 22.0 Å². The summed E-state index contributed by atoms with van der Waals surface area (Å²) in [4.78, 5) is 23.0. The molecule has 0 atom stereocenters. The third-order valence-corrected chi connectivity index (χ3v) is 4.15. The van der Waals surface area contributed by atoms with E-state index in [0.29, 0.717) is 16.9 Å². The minimum absolute atomic E-state index is 0.197. The quantitative estimate of drug-likeness (QED) is 0.385. The van der Waals surface area contributed by atoms with Gasteiger partial charge in [-0.1, -0.05) is 0 Å². The molecule has 26 heavy (non-hydrogen) atoms.